The van der Waals surface area contributed by atoms with Gasteiger partial charge in [0.05, 0.1) is 6.04 Å². The van der Waals surface area contributed by atoms with Crippen LogP contribution in [0.2, 0.25) is 0 Å². The lowest BCUT2D eigenvalue weighted by molar-refractivity contribution is -0.152. The number of nitrogens with zero attached hydrogens (tertiary/aromatic N) is 2. The van der Waals surface area contributed by atoms with Crippen molar-refractivity contribution < 1.29 is 19.1 Å². The molecule has 166 valence electrons. The molecule has 2 N–H and O–H groups in total. The topological polar surface area (TPSA) is 92.9 Å². The van der Waals surface area contributed by atoms with Crippen molar-refractivity contribution in [2.75, 3.05) is 13.1 Å². The summed E-state index contributed by atoms with van der Waals surface area (Å²) in [4.78, 5) is 41.5. The molecule has 0 spiro atoms. The average Bonchev–Trinajstić information content (AvgIpc) is 3.04. The van der Waals surface area contributed by atoms with Crippen LogP contribution in [0.4, 0.5) is 4.79 Å². The molecule has 1 saturated heterocycles. The van der Waals surface area contributed by atoms with Crippen molar-refractivity contribution in [3.05, 3.63) is 0 Å². The molecule has 0 radical (unpaired) electrons. The van der Waals surface area contributed by atoms with E-state index >= 15 is 0 Å². The molecule has 2 fully saturated rings. The minimum atomic E-state index is -1.27. The van der Waals surface area contributed by atoms with Crippen molar-refractivity contribution in [2.45, 2.75) is 98.3 Å². The molecule has 0 aromatic heterocycles. The summed E-state index contributed by atoms with van der Waals surface area (Å²) in [5.41, 5.74) is 3.99. The number of nitrogens with two attached hydrogens (primary N) is 1. The smallest absolute Gasteiger partial charge is 0.410 e. The highest BCUT2D eigenvalue weighted by Crippen LogP contribution is 2.39. The molecule has 1 aliphatic carbocycles. The Morgan fingerprint density at radius 2 is 1.55 bits per heavy atom. The molecule has 2 rings (SSSR count). The summed E-state index contributed by atoms with van der Waals surface area (Å²) in [6, 6.07) is -0.0578. The van der Waals surface area contributed by atoms with Gasteiger partial charge >= 0.3 is 6.09 Å². The molecular weight excluding hydrogens is 370 g/mol. The number of carbonyl (C=O) groups is 3. The van der Waals surface area contributed by atoms with E-state index in [0.29, 0.717) is 19.5 Å². The van der Waals surface area contributed by atoms with E-state index in [9.17, 15) is 14.4 Å². The number of carbonyl (C=O) groups excluding carboxylic acids is 3. The van der Waals surface area contributed by atoms with Crippen LogP contribution >= 0.6 is 0 Å². The molecule has 0 aromatic rings. The first kappa shape index (κ1) is 23.5. The standard InChI is InChI=1S/C22H39N3O4/c1-20(2,3)29-19(28)24-13-10-16(14-24)25(18(27)22(6,7)17(23)26)15-8-11-21(4,5)12-9-15/h15-16H,8-14H2,1-7H3,(H2,23,26). The first-order valence-electron chi connectivity index (χ1n) is 10.7. The molecule has 1 unspecified atom stereocenters. The molecule has 1 heterocycles. The Morgan fingerprint density at radius 3 is 2.03 bits per heavy atom. The number of hydrogen-bond donors (Lipinski definition) is 1. The zero-order chi connectivity index (χ0) is 22.2. The average molecular weight is 410 g/mol. The van der Waals surface area contributed by atoms with Crippen molar-refractivity contribution in [3.8, 4) is 0 Å². The van der Waals surface area contributed by atoms with E-state index in [1.807, 2.05) is 25.7 Å². The highest BCUT2D eigenvalue weighted by Gasteiger charge is 2.46. The van der Waals surface area contributed by atoms with Gasteiger partial charge in [-0.05, 0) is 72.1 Å². The van der Waals surface area contributed by atoms with Crippen molar-refractivity contribution in [1.29, 1.82) is 0 Å². The van der Waals surface area contributed by atoms with E-state index in [2.05, 4.69) is 13.8 Å². The molecule has 1 atom stereocenters. The van der Waals surface area contributed by atoms with Crippen molar-refractivity contribution in [2.24, 2.45) is 16.6 Å². The van der Waals surface area contributed by atoms with Crippen LogP contribution in [0.15, 0.2) is 0 Å². The summed E-state index contributed by atoms with van der Waals surface area (Å²) in [6.07, 6.45) is 4.18. The number of rotatable bonds is 4. The number of hydrogen-bond acceptors (Lipinski definition) is 4. The summed E-state index contributed by atoms with van der Waals surface area (Å²) in [6.45, 7) is 14.2. The SMILES string of the molecule is CC1(C)CCC(N(C(=O)C(C)(C)C(N)=O)C2CCN(C(=O)OC(C)(C)C)C2)CC1. The second kappa shape index (κ2) is 8.15. The molecule has 7 nitrogen and oxygen atoms in total. The first-order valence-corrected chi connectivity index (χ1v) is 10.7. The fourth-order valence-corrected chi connectivity index (χ4v) is 4.18. The van der Waals surface area contributed by atoms with E-state index in [1.54, 1.807) is 18.7 Å². The van der Waals surface area contributed by atoms with Crippen molar-refractivity contribution in [3.63, 3.8) is 0 Å². The maximum atomic E-state index is 13.4. The van der Waals surface area contributed by atoms with Crippen LogP contribution in [0.5, 0.6) is 0 Å². The summed E-state index contributed by atoms with van der Waals surface area (Å²) >= 11 is 0. The largest absolute Gasteiger partial charge is 0.444 e. The predicted octanol–water partition coefficient (Wildman–Crippen LogP) is 3.30. The number of ether oxygens (including phenoxy) is 1. The summed E-state index contributed by atoms with van der Waals surface area (Å²) in [7, 11) is 0. The van der Waals surface area contributed by atoms with Crippen molar-refractivity contribution in [1.82, 2.24) is 9.80 Å². The minimum Gasteiger partial charge on any atom is -0.444 e. The van der Waals surface area contributed by atoms with E-state index in [4.69, 9.17) is 10.5 Å². The summed E-state index contributed by atoms with van der Waals surface area (Å²) in [5.74, 6) is -0.851. The molecule has 3 amide bonds. The Bertz CT molecular complexity index is 641. The van der Waals surface area contributed by atoms with E-state index in [-0.39, 0.29) is 29.5 Å². The molecule has 29 heavy (non-hydrogen) atoms. The van der Waals surface area contributed by atoms with Crippen LogP contribution in [-0.4, -0.2) is 58.5 Å². The van der Waals surface area contributed by atoms with Gasteiger partial charge in [0, 0.05) is 19.1 Å². The van der Waals surface area contributed by atoms with Crippen LogP contribution in [-0.2, 0) is 14.3 Å². The van der Waals surface area contributed by atoms with Crippen LogP contribution in [0.25, 0.3) is 0 Å². The maximum Gasteiger partial charge on any atom is 0.410 e. The Hall–Kier alpha value is -1.79. The Kier molecular flexibility index (Phi) is 6.60. The third-order valence-corrected chi connectivity index (χ3v) is 6.30. The van der Waals surface area contributed by atoms with E-state index in [0.717, 1.165) is 25.7 Å². The van der Waals surface area contributed by atoms with Gasteiger partial charge in [0.15, 0.2) is 0 Å². The molecule has 0 aromatic carbocycles. The monoisotopic (exact) mass is 409 g/mol. The Labute approximate surface area is 175 Å². The van der Waals surface area contributed by atoms with Gasteiger partial charge in [0.2, 0.25) is 11.8 Å². The van der Waals surface area contributed by atoms with Gasteiger partial charge in [-0.15, -0.1) is 0 Å². The fourth-order valence-electron chi connectivity index (χ4n) is 4.18. The van der Waals surface area contributed by atoms with Gasteiger partial charge in [-0.25, -0.2) is 4.79 Å². The van der Waals surface area contributed by atoms with Gasteiger partial charge in [-0.1, -0.05) is 13.8 Å². The van der Waals surface area contributed by atoms with Gasteiger partial charge in [-0.2, -0.15) is 0 Å². The van der Waals surface area contributed by atoms with Gasteiger partial charge in [0.1, 0.15) is 11.0 Å². The predicted molar refractivity (Wildman–Crippen MR) is 112 cm³/mol. The quantitative estimate of drug-likeness (QED) is 0.721. The maximum absolute atomic E-state index is 13.4. The van der Waals surface area contributed by atoms with Gasteiger partial charge in [-0.3, -0.25) is 9.59 Å². The fraction of sp³-hybridized carbons (Fsp3) is 0.864. The summed E-state index contributed by atoms with van der Waals surface area (Å²) in [5, 5.41) is 0. The third kappa shape index (κ3) is 5.64. The van der Waals surface area contributed by atoms with E-state index in [1.165, 1.54) is 0 Å². The third-order valence-electron chi connectivity index (χ3n) is 6.30. The normalized spacial score (nSPS) is 23.0. The Morgan fingerprint density at radius 1 is 1.00 bits per heavy atom. The molecule has 0 bridgehead atoms. The van der Waals surface area contributed by atoms with E-state index < -0.39 is 16.9 Å². The second-order valence-electron chi connectivity index (χ2n) is 11.0. The minimum absolute atomic E-state index is 0.0673. The Balaban J connectivity index is 2.21. The molecule has 2 aliphatic rings. The molecule has 1 aliphatic heterocycles. The summed E-state index contributed by atoms with van der Waals surface area (Å²) < 4.78 is 5.50. The van der Waals surface area contributed by atoms with Crippen molar-refractivity contribution >= 4 is 17.9 Å². The first-order chi connectivity index (χ1) is 13.1. The van der Waals surface area contributed by atoms with Gasteiger partial charge < -0.3 is 20.3 Å². The van der Waals surface area contributed by atoms with Crippen LogP contribution in [0, 0.1) is 10.8 Å². The van der Waals surface area contributed by atoms with Crippen LogP contribution in [0.1, 0.15) is 80.6 Å². The van der Waals surface area contributed by atoms with Crippen LogP contribution in [0.3, 0.4) is 0 Å². The molecular formula is C22H39N3O4. The zero-order valence-corrected chi connectivity index (χ0v) is 19.2. The lowest BCUT2D eigenvalue weighted by atomic mass is 9.74. The lowest BCUT2D eigenvalue weighted by Gasteiger charge is -2.44. The number of primary amides is 1. The number of likely N-dealkylation sites (tertiary alicyclic amines) is 1. The molecule has 7 heteroatoms. The lowest BCUT2D eigenvalue weighted by Crippen LogP contribution is -2.57. The highest BCUT2D eigenvalue weighted by molar-refractivity contribution is 6.03. The van der Waals surface area contributed by atoms with Gasteiger partial charge in [0.25, 0.3) is 0 Å². The zero-order valence-electron chi connectivity index (χ0n) is 19.2. The second-order valence-corrected chi connectivity index (χ2v) is 11.0. The molecule has 1 saturated carbocycles. The highest BCUT2D eigenvalue weighted by atomic mass is 16.6. The van der Waals surface area contributed by atoms with Crippen LogP contribution < -0.4 is 5.73 Å². The number of amides is 3.